The van der Waals surface area contributed by atoms with Crippen molar-refractivity contribution in [2.24, 2.45) is 0 Å². The van der Waals surface area contributed by atoms with E-state index < -0.39 is 0 Å². The molecule has 0 saturated heterocycles. The maximum atomic E-state index is 3.66. The van der Waals surface area contributed by atoms with Gasteiger partial charge in [-0.25, -0.2) is 0 Å². The SMILES string of the molecule is c1ccc(-c2ccc(Nc3ccc(-c4cccc5ccccc45)cc3)cc2-c2cccc3ccccc23)cc1. The predicted octanol–water partition coefficient (Wildman–Crippen LogP) is 10.7. The molecule has 7 aromatic rings. The van der Waals surface area contributed by atoms with Crippen molar-refractivity contribution in [3.8, 4) is 33.4 Å². The van der Waals surface area contributed by atoms with Crippen molar-refractivity contribution in [2.75, 3.05) is 5.32 Å². The number of hydrogen-bond acceptors (Lipinski definition) is 1. The molecule has 1 heteroatoms. The van der Waals surface area contributed by atoms with E-state index in [1.165, 1.54) is 54.9 Å². The van der Waals surface area contributed by atoms with Gasteiger partial charge < -0.3 is 5.32 Å². The Balaban J connectivity index is 1.27. The monoisotopic (exact) mass is 497 g/mol. The molecule has 0 fully saturated rings. The van der Waals surface area contributed by atoms with Gasteiger partial charge in [-0.1, -0.05) is 133 Å². The lowest BCUT2D eigenvalue weighted by Gasteiger charge is -2.16. The lowest BCUT2D eigenvalue weighted by atomic mass is 9.91. The molecule has 1 N–H and O–H groups in total. The number of benzene rings is 7. The summed E-state index contributed by atoms with van der Waals surface area (Å²) < 4.78 is 0. The van der Waals surface area contributed by atoms with E-state index in [9.17, 15) is 0 Å². The first-order valence-corrected chi connectivity index (χ1v) is 13.4. The van der Waals surface area contributed by atoms with Crippen molar-refractivity contribution in [3.63, 3.8) is 0 Å². The fraction of sp³-hybridized carbons (Fsp3) is 0. The van der Waals surface area contributed by atoms with Crippen LogP contribution in [-0.2, 0) is 0 Å². The first-order chi connectivity index (χ1) is 19.3. The number of hydrogen-bond donors (Lipinski definition) is 1. The maximum absolute atomic E-state index is 3.66. The highest BCUT2D eigenvalue weighted by atomic mass is 14.9. The Morgan fingerprint density at radius 1 is 0.308 bits per heavy atom. The Hall–Kier alpha value is -5.14. The minimum absolute atomic E-state index is 1.07. The van der Waals surface area contributed by atoms with Gasteiger partial charge in [-0.3, -0.25) is 0 Å². The number of anilines is 2. The third kappa shape index (κ3) is 4.45. The van der Waals surface area contributed by atoms with Gasteiger partial charge in [0.1, 0.15) is 0 Å². The predicted molar refractivity (Wildman–Crippen MR) is 167 cm³/mol. The van der Waals surface area contributed by atoms with Crippen LogP contribution in [0.3, 0.4) is 0 Å². The molecule has 0 bridgehead atoms. The van der Waals surface area contributed by atoms with Crippen LogP contribution < -0.4 is 5.32 Å². The molecule has 0 spiro atoms. The summed E-state index contributed by atoms with van der Waals surface area (Å²) in [6, 6.07) is 56.3. The van der Waals surface area contributed by atoms with Crippen LogP contribution in [0.4, 0.5) is 11.4 Å². The summed E-state index contributed by atoms with van der Waals surface area (Å²) in [6.45, 7) is 0. The van der Waals surface area contributed by atoms with Gasteiger partial charge in [0.25, 0.3) is 0 Å². The van der Waals surface area contributed by atoms with Gasteiger partial charge in [-0.05, 0) is 79.2 Å². The van der Waals surface area contributed by atoms with Crippen LogP contribution >= 0.6 is 0 Å². The lowest BCUT2D eigenvalue weighted by Crippen LogP contribution is -1.93. The van der Waals surface area contributed by atoms with Crippen LogP contribution in [0.5, 0.6) is 0 Å². The van der Waals surface area contributed by atoms with Gasteiger partial charge in [0.05, 0.1) is 0 Å². The third-order valence-corrected chi connectivity index (χ3v) is 7.46. The topological polar surface area (TPSA) is 12.0 Å². The molecule has 7 rings (SSSR count). The molecule has 184 valence electrons. The number of nitrogens with one attached hydrogen (secondary N) is 1. The molecule has 0 aliphatic heterocycles. The Labute approximate surface area is 229 Å². The second-order valence-electron chi connectivity index (χ2n) is 9.88. The first kappa shape index (κ1) is 23.0. The van der Waals surface area contributed by atoms with Crippen molar-refractivity contribution in [1.82, 2.24) is 0 Å². The van der Waals surface area contributed by atoms with Crippen LogP contribution in [0.2, 0.25) is 0 Å². The van der Waals surface area contributed by atoms with Crippen LogP contribution in [0.1, 0.15) is 0 Å². The van der Waals surface area contributed by atoms with Gasteiger partial charge in [0.2, 0.25) is 0 Å². The molecule has 39 heavy (non-hydrogen) atoms. The van der Waals surface area contributed by atoms with E-state index in [4.69, 9.17) is 0 Å². The van der Waals surface area contributed by atoms with E-state index in [1.807, 2.05) is 0 Å². The minimum Gasteiger partial charge on any atom is -0.356 e. The second-order valence-corrected chi connectivity index (χ2v) is 9.88. The largest absolute Gasteiger partial charge is 0.356 e. The lowest BCUT2D eigenvalue weighted by molar-refractivity contribution is 1.53. The molecule has 0 radical (unpaired) electrons. The van der Waals surface area contributed by atoms with Crippen molar-refractivity contribution in [3.05, 3.63) is 158 Å². The molecule has 7 aromatic carbocycles. The Morgan fingerprint density at radius 3 is 1.56 bits per heavy atom. The molecule has 0 amide bonds. The Bertz CT molecular complexity index is 1910. The molecule has 0 saturated carbocycles. The van der Waals surface area contributed by atoms with E-state index in [0.717, 1.165) is 11.4 Å². The van der Waals surface area contributed by atoms with E-state index in [1.54, 1.807) is 0 Å². The molecule has 0 aliphatic rings. The summed E-state index contributed by atoms with van der Waals surface area (Å²) in [5.74, 6) is 0. The van der Waals surface area contributed by atoms with Crippen LogP contribution in [0.15, 0.2) is 158 Å². The van der Waals surface area contributed by atoms with Crippen molar-refractivity contribution < 1.29 is 0 Å². The van der Waals surface area contributed by atoms with E-state index in [-0.39, 0.29) is 0 Å². The average molecular weight is 498 g/mol. The molecule has 1 nitrogen and oxygen atoms in total. The molecule has 0 unspecified atom stereocenters. The van der Waals surface area contributed by atoms with Gasteiger partial charge in [-0.15, -0.1) is 0 Å². The summed E-state index contributed by atoms with van der Waals surface area (Å²) in [4.78, 5) is 0. The zero-order valence-corrected chi connectivity index (χ0v) is 21.5. The van der Waals surface area contributed by atoms with Gasteiger partial charge in [0, 0.05) is 11.4 Å². The smallest absolute Gasteiger partial charge is 0.0390 e. The average Bonchev–Trinajstić information content (AvgIpc) is 3.01. The fourth-order valence-corrected chi connectivity index (χ4v) is 5.55. The summed E-state index contributed by atoms with van der Waals surface area (Å²) >= 11 is 0. The van der Waals surface area contributed by atoms with E-state index >= 15 is 0 Å². The quantitative estimate of drug-likeness (QED) is 0.249. The van der Waals surface area contributed by atoms with Gasteiger partial charge in [0.15, 0.2) is 0 Å². The van der Waals surface area contributed by atoms with Crippen molar-refractivity contribution in [2.45, 2.75) is 0 Å². The minimum atomic E-state index is 1.07. The number of fused-ring (bicyclic) bond motifs is 2. The van der Waals surface area contributed by atoms with Gasteiger partial charge >= 0.3 is 0 Å². The zero-order chi connectivity index (χ0) is 26.0. The molecular weight excluding hydrogens is 470 g/mol. The molecule has 0 heterocycles. The van der Waals surface area contributed by atoms with Crippen LogP contribution in [0.25, 0.3) is 54.9 Å². The summed E-state index contributed by atoms with van der Waals surface area (Å²) in [5.41, 5.74) is 9.50. The molecule has 0 aliphatic carbocycles. The highest BCUT2D eigenvalue weighted by Crippen LogP contribution is 2.38. The standard InChI is InChI=1S/C38H27N/c1-2-10-27(11-3-1)36-25-24-32(26-38(36)37-19-9-15-29-13-5-7-17-35(29)37)39-31-22-20-30(21-23-31)34-18-8-14-28-12-4-6-16-33(28)34/h1-26,39H. The Kier molecular flexibility index (Phi) is 5.88. The maximum Gasteiger partial charge on any atom is 0.0390 e. The highest BCUT2D eigenvalue weighted by molar-refractivity contribution is 6.01. The third-order valence-electron chi connectivity index (χ3n) is 7.46. The van der Waals surface area contributed by atoms with Crippen molar-refractivity contribution in [1.29, 1.82) is 0 Å². The Morgan fingerprint density at radius 2 is 0.846 bits per heavy atom. The van der Waals surface area contributed by atoms with Crippen molar-refractivity contribution >= 4 is 32.9 Å². The van der Waals surface area contributed by atoms with Gasteiger partial charge in [-0.2, -0.15) is 0 Å². The first-order valence-electron chi connectivity index (χ1n) is 13.4. The fourth-order valence-electron chi connectivity index (χ4n) is 5.55. The molecule has 0 atom stereocenters. The number of rotatable bonds is 5. The molecular formula is C38H27N. The summed E-state index contributed by atoms with van der Waals surface area (Å²) in [7, 11) is 0. The summed E-state index contributed by atoms with van der Waals surface area (Å²) in [6.07, 6.45) is 0. The highest BCUT2D eigenvalue weighted by Gasteiger charge is 2.12. The van der Waals surface area contributed by atoms with E-state index in [2.05, 4.69) is 163 Å². The second kappa shape index (κ2) is 9.96. The van der Waals surface area contributed by atoms with E-state index in [0.29, 0.717) is 0 Å². The van der Waals surface area contributed by atoms with Crippen LogP contribution in [0, 0.1) is 0 Å². The molecule has 0 aromatic heterocycles. The normalized spacial score (nSPS) is 11.1. The zero-order valence-electron chi connectivity index (χ0n) is 21.5. The summed E-state index contributed by atoms with van der Waals surface area (Å²) in [5, 5.41) is 8.70. The van der Waals surface area contributed by atoms with Crippen LogP contribution in [-0.4, -0.2) is 0 Å².